The summed E-state index contributed by atoms with van der Waals surface area (Å²) >= 11 is 6.08. The molecule has 0 N–H and O–H groups in total. The highest BCUT2D eigenvalue weighted by Crippen LogP contribution is 2.27. The monoisotopic (exact) mass is 464 g/mol. The fraction of sp³-hybridized carbons (Fsp3) is 0.364. The van der Waals surface area contributed by atoms with E-state index in [9.17, 15) is 18.0 Å². The molecule has 0 saturated carbocycles. The number of piperidine rings is 1. The van der Waals surface area contributed by atoms with Gasteiger partial charge in [0, 0.05) is 18.1 Å². The molecule has 1 aliphatic rings. The van der Waals surface area contributed by atoms with E-state index in [4.69, 9.17) is 16.3 Å². The molecular formula is C22H25ClN2O5S. The van der Waals surface area contributed by atoms with Crippen LogP contribution in [0.2, 0.25) is 5.02 Å². The van der Waals surface area contributed by atoms with Crippen molar-refractivity contribution in [2.75, 3.05) is 30.5 Å². The normalized spacial score (nSPS) is 14.8. The van der Waals surface area contributed by atoms with E-state index in [-0.39, 0.29) is 29.2 Å². The summed E-state index contributed by atoms with van der Waals surface area (Å²) in [6.45, 7) is 2.47. The van der Waals surface area contributed by atoms with Gasteiger partial charge in [-0.25, -0.2) is 8.42 Å². The van der Waals surface area contributed by atoms with Crippen molar-refractivity contribution in [1.82, 2.24) is 4.90 Å². The maximum atomic E-state index is 13.3. The number of hydrogen-bond acceptors (Lipinski definition) is 5. The van der Waals surface area contributed by atoms with E-state index in [0.29, 0.717) is 43.2 Å². The summed E-state index contributed by atoms with van der Waals surface area (Å²) in [7, 11) is -3.98. The van der Waals surface area contributed by atoms with Gasteiger partial charge >= 0.3 is 5.97 Å². The number of halogens is 1. The first-order valence-electron chi connectivity index (χ1n) is 10.1. The van der Waals surface area contributed by atoms with Crippen LogP contribution in [0.15, 0.2) is 59.5 Å². The predicted molar refractivity (Wildman–Crippen MR) is 118 cm³/mol. The Labute approximate surface area is 187 Å². The molecule has 7 nitrogen and oxygen atoms in total. The van der Waals surface area contributed by atoms with Crippen molar-refractivity contribution in [3.05, 3.63) is 59.6 Å². The Morgan fingerprint density at radius 2 is 1.77 bits per heavy atom. The predicted octanol–water partition coefficient (Wildman–Crippen LogP) is 3.34. The molecule has 2 aromatic rings. The van der Waals surface area contributed by atoms with Crippen LogP contribution in [0.3, 0.4) is 0 Å². The molecule has 1 fully saturated rings. The highest BCUT2D eigenvalue weighted by Gasteiger charge is 2.32. The van der Waals surface area contributed by atoms with Crippen LogP contribution in [-0.4, -0.2) is 51.4 Å². The lowest BCUT2D eigenvalue weighted by atomic mass is 9.97. The van der Waals surface area contributed by atoms with Gasteiger partial charge in [0.15, 0.2) is 0 Å². The molecule has 1 aliphatic heterocycles. The molecule has 0 spiro atoms. The number of rotatable bonds is 7. The Balaban J connectivity index is 1.80. The molecule has 0 aliphatic carbocycles. The summed E-state index contributed by atoms with van der Waals surface area (Å²) in [5, 5.41) is 0.369. The number of anilines is 1. The third kappa shape index (κ3) is 5.57. The minimum absolute atomic E-state index is 0.0868. The summed E-state index contributed by atoms with van der Waals surface area (Å²) in [6.07, 6.45) is 0.986. The van der Waals surface area contributed by atoms with Gasteiger partial charge in [-0.2, -0.15) is 0 Å². The fourth-order valence-corrected chi connectivity index (χ4v) is 5.13. The highest BCUT2D eigenvalue weighted by atomic mass is 35.5. The third-order valence-corrected chi connectivity index (χ3v) is 7.20. The zero-order chi connectivity index (χ0) is 22.4. The van der Waals surface area contributed by atoms with Gasteiger partial charge in [0.05, 0.1) is 23.1 Å². The van der Waals surface area contributed by atoms with Gasteiger partial charge in [-0.15, -0.1) is 0 Å². The number of nitrogens with zero attached hydrogens (tertiary/aromatic N) is 2. The second-order valence-corrected chi connectivity index (χ2v) is 9.51. The second-order valence-electron chi connectivity index (χ2n) is 7.21. The number of carbonyl (C=O) groups excluding carboxylic acids is 2. The van der Waals surface area contributed by atoms with Crippen LogP contribution >= 0.6 is 11.6 Å². The van der Waals surface area contributed by atoms with Gasteiger partial charge in [-0.3, -0.25) is 13.9 Å². The largest absolute Gasteiger partial charge is 0.466 e. The molecule has 0 atom stereocenters. The first-order chi connectivity index (χ1) is 14.8. The van der Waals surface area contributed by atoms with Crippen molar-refractivity contribution >= 4 is 39.2 Å². The maximum Gasteiger partial charge on any atom is 0.309 e. The average Bonchev–Trinajstić information content (AvgIpc) is 2.78. The van der Waals surface area contributed by atoms with E-state index in [1.807, 2.05) is 0 Å². The quantitative estimate of drug-likeness (QED) is 0.587. The zero-order valence-electron chi connectivity index (χ0n) is 17.2. The number of amides is 1. The molecule has 1 amide bonds. The molecule has 9 heteroatoms. The second kappa shape index (κ2) is 10.2. The molecule has 1 heterocycles. The van der Waals surface area contributed by atoms with Crippen molar-refractivity contribution in [3.63, 3.8) is 0 Å². The van der Waals surface area contributed by atoms with E-state index >= 15 is 0 Å². The summed E-state index contributed by atoms with van der Waals surface area (Å²) in [6, 6.07) is 14.4. The standard InChI is InChI=1S/C22H25ClN2O5S/c1-2-30-22(27)17-11-13-24(14-12-17)21(26)16-25(19-8-6-7-18(23)15-19)31(28,29)20-9-4-3-5-10-20/h3-10,15,17H,2,11-14,16H2,1H3. The third-order valence-electron chi connectivity index (χ3n) is 5.17. The van der Waals surface area contributed by atoms with Gasteiger partial charge in [0.25, 0.3) is 10.0 Å². The average molecular weight is 465 g/mol. The van der Waals surface area contributed by atoms with E-state index in [1.54, 1.807) is 48.2 Å². The Hall–Kier alpha value is -2.58. The van der Waals surface area contributed by atoms with Crippen LogP contribution in [0.4, 0.5) is 5.69 Å². The highest BCUT2D eigenvalue weighted by molar-refractivity contribution is 7.92. The van der Waals surface area contributed by atoms with Crippen molar-refractivity contribution in [3.8, 4) is 0 Å². The van der Waals surface area contributed by atoms with E-state index in [1.165, 1.54) is 18.2 Å². The molecule has 2 aromatic carbocycles. The van der Waals surface area contributed by atoms with Crippen LogP contribution < -0.4 is 4.31 Å². The Morgan fingerprint density at radius 3 is 2.39 bits per heavy atom. The van der Waals surface area contributed by atoms with E-state index in [2.05, 4.69) is 0 Å². The fourth-order valence-electron chi connectivity index (χ4n) is 3.51. The van der Waals surface area contributed by atoms with Gasteiger partial charge in [-0.05, 0) is 50.1 Å². The van der Waals surface area contributed by atoms with Crippen LogP contribution in [0.25, 0.3) is 0 Å². The Morgan fingerprint density at radius 1 is 1.10 bits per heavy atom. The van der Waals surface area contributed by atoms with Crippen LogP contribution in [0.1, 0.15) is 19.8 Å². The lowest BCUT2D eigenvalue weighted by Crippen LogP contribution is -2.46. The van der Waals surface area contributed by atoms with Crippen molar-refractivity contribution in [1.29, 1.82) is 0 Å². The first kappa shape index (κ1) is 23.1. The lowest BCUT2D eigenvalue weighted by molar-refractivity contribution is -0.151. The summed E-state index contributed by atoms with van der Waals surface area (Å²) in [5.74, 6) is -0.815. The maximum absolute atomic E-state index is 13.3. The summed E-state index contributed by atoms with van der Waals surface area (Å²) in [5.41, 5.74) is 0.311. The molecule has 0 bridgehead atoms. The van der Waals surface area contributed by atoms with Crippen molar-refractivity contribution < 1.29 is 22.7 Å². The molecule has 0 aromatic heterocycles. The van der Waals surface area contributed by atoms with Crippen molar-refractivity contribution in [2.24, 2.45) is 5.92 Å². The minimum atomic E-state index is -3.98. The van der Waals surface area contributed by atoms with Crippen LogP contribution in [0.5, 0.6) is 0 Å². The number of likely N-dealkylation sites (tertiary alicyclic amines) is 1. The molecule has 3 rings (SSSR count). The van der Waals surface area contributed by atoms with E-state index < -0.39 is 10.0 Å². The number of ether oxygens (including phenoxy) is 1. The molecule has 1 saturated heterocycles. The summed E-state index contributed by atoms with van der Waals surface area (Å²) in [4.78, 5) is 26.6. The molecular weight excluding hydrogens is 440 g/mol. The number of benzene rings is 2. The van der Waals surface area contributed by atoms with E-state index in [0.717, 1.165) is 4.31 Å². The SMILES string of the molecule is CCOC(=O)C1CCN(C(=O)CN(c2cccc(Cl)c2)S(=O)(=O)c2ccccc2)CC1. The topological polar surface area (TPSA) is 84.0 Å². The number of esters is 1. The molecule has 31 heavy (non-hydrogen) atoms. The van der Waals surface area contributed by atoms with Gasteiger partial charge in [-0.1, -0.05) is 35.9 Å². The van der Waals surface area contributed by atoms with Gasteiger partial charge < -0.3 is 9.64 Å². The number of sulfonamides is 1. The van der Waals surface area contributed by atoms with Crippen LogP contribution in [-0.2, 0) is 24.3 Å². The zero-order valence-corrected chi connectivity index (χ0v) is 18.8. The minimum Gasteiger partial charge on any atom is -0.466 e. The van der Waals surface area contributed by atoms with Crippen molar-refractivity contribution in [2.45, 2.75) is 24.7 Å². The first-order valence-corrected chi connectivity index (χ1v) is 11.9. The number of hydrogen-bond donors (Lipinski definition) is 0. The number of carbonyl (C=O) groups is 2. The Bertz CT molecular complexity index is 1020. The lowest BCUT2D eigenvalue weighted by Gasteiger charge is -2.33. The Kier molecular flexibility index (Phi) is 7.56. The molecule has 0 radical (unpaired) electrons. The van der Waals surface area contributed by atoms with Crippen LogP contribution in [0, 0.1) is 5.92 Å². The summed E-state index contributed by atoms with van der Waals surface area (Å²) < 4.78 is 32.8. The molecule has 0 unspecified atom stereocenters. The smallest absolute Gasteiger partial charge is 0.309 e. The van der Waals surface area contributed by atoms with Gasteiger partial charge in [0.1, 0.15) is 6.54 Å². The molecule has 166 valence electrons. The van der Waals surface area contributed by atoms with Gasteiger partial charge in [0.2, 0.25) is 5.91 Å².